The lowest BCUT2D eigenvalue weighted by atomic mass is 10.1. The lowest BCUT2D eigenvalue weighted by Gasteiger charge is -2.07. The van der Waals surface area contributed by atoms with Crippen molar-refractivity contribution in [1.82, 2.24) is 9.55 Å². The molecule has 4 heteroatoms. The minimum atomic E-state index is -0.421. The summed E-state index contributed by atoms with van der Waals surface area (Å²) >= 11 is 0. The average molecular weight is 266 g/mol. The van der Waals surface area contributed by atoms with Gasteiger partial charge in [-0.3, -0.25) is 4.79 Å². The highest BCUT2D eigenvalue weighted by molar-refractivity contribution is 5.78. The summed E-state index contributed by atoms with van der Waals surface area (Å²) in [4.78, 5) is 27.4. The lowest BCUT2D eigenvalue weighted by Crippen LogP contribution is -2.33. The van der Waals surface area contributed by atoms with Crippen LogP contribution in [-0.2, 0) is 0 Å². The standard InChI is InChI=1S/C16H14N2O2/c1-10-3-6-12(7-4-10)18-15(19)13-9-11(2)5-8-14(13)17-16(18)20/h3-9H,1-2H3,(H,17,20). The van der Waals surface area contributed by atoms with Crippen LogP contribution < -0.4 is 11.2 Å². The molecule has 0 atom stereocenters. The Morgan fingerprint density at radius 3 is 2.25 bits per heavy atom. The number of rotatable bonds is 1. The molecule has 0 saturated carbocycles. The van der Waals surface area contributed by atoms with E-state index in [9.17, 15) is 9.59 Å². The molecule has 0 bridgehead atoms. The molecular formula is C16H14N2O2. The number of aromatic nitrogens is 2. The van der Waals surface area contributed by atoms with Crippen LogP contribution in [0.25, 0.3) is 16.6 Å². The van der Waals surface area contributed by atoms with E-state index in [1.54, 1.807) is 24.3 Å². The smallest absolute Gasteiger partial charge is 0.306 e. The Kier molecular flexibility index (Phi) is 2.79. The molecule has 0 amide bonds. The fraction of sp³-hybridized carbons (Fsp3) is 0.125. The summed E-state index contributed by atoms with van der Waals surface area (Å²) in [5.74, 6) is 0. The lowest BCUT2D eigenvalue weighted by molar-refractivity contribution is 0.900. The number of hydrogen-bond acceptors (Lipinski definition) is 2. The molecule has 100 valence electrons. The van der Waals surface area contributed by atoms with Gasteiger partial charge in [0, 0.05) is 0 Å². The summed E-state index contributed by atoms with van der Waals surface area (Å²) in [5.41, 5.74) is 2.48. The first-order chi connectivity index (χ1) is 9.56. The largest absolute Gasteiger partial charge is 0.333 e. The van der Waals surface area contributed by atoms with Gasteiger partial charge in [0.15, 0.2) is 0 Å². The molecule has 0 radical (unpaired) electrons. The van der Waals surface area contributed by atoms with Crippen molar-refractivity contribution in [2.75, 3.05) is 0 Å². The monoisotopic (exact) mass is 266 g/mol. The SMILES string of the molecule is Cc1ccc(-n2c(=O)[nH]c3ccc(C)cc3c2=O)cc1. The van der Waals surface area contributed by atoms with Crippen molar-refractivity contribution < 1.29 is 0 Å². The van der Waals surface area contributed by atoms with Crippen molar-refractivity contribution in [3.63, 3.8) is 0 Å². The highest BCUT2D eigenvalue weighted by atomic mass is 16.2. The molecule has 0 spiro atoms. The normalized spacial score (nSPS) is 10.9. The molecular weight excluding hydrogens is 252 g/mol. The quantitative estimate of drug-likeness (QED) is 0.734. The Morgan fingerprint density at radius 2 is 1.55 bits per heavy atom. The number of nitrogens with one attached hydrogen (secondary N) is 1. The van der Waals surface area contributed by atoms with Crippen LogP contribution in [0.4, 0.5) is 0 Å². The molecule has 1 aromatic heterocycles. The van der Waals surface area contributed by atoms with Crippen molar-refractivity contribution >= 4 is 10.9 Å². The van der Waals surface area contributed by atoms with Crippen LogP contribution in [0.5, 0.6) is 0 Å². The molecule has 0 aliphatic carbocycles. The molecule has 0 unspecified atom stereocenters. The first-order valence-corrected chi connectivity index (χ1v) is 6.39. The van der Waals surface area contributed by atoms with Crippen LogP contribution >= 0.6 is 0 Å². The van der Waals surface area contributed by atoms with Gasteiger partial charge in [0.25, 0.3) is 5.56 Å². The summed E-state index contributed by atoms with van der Waals surface area (Å²) in [6.07, 6.45) is 0. The third-order valence-corrected chi connectivity index (χ3v) is 3.35. The molecule has 0 aliphatic rings. The van der Waals surface area contributed by atoms with Crippen molar-refractivity contribution in [1.29, 1.82) is 0 Å². The highest BCUT2D eigenvalue weighted by Gasteiger charge is 2.09. The molecule has 0 aliphatic heterocycles. The Balaban J connectivity index is 2.39. The van der Waals surface area contributed by atoms with Gasteiger partial charge in [0.1, 0.15) is 0 Å². The van der Waals surface area contributed by atoms with Crippen LogP contribution in [0, 0.1) is 13.8 Å². The second-order valence-corrected chi connectivity index (χ2v) is 4.96. The molecule has 3 aromatic rings. The number of hydrogen-bond donors (Lipinski definition) is 1. The van der Waals surface area contributed by atoms with E-state index in [0.717, 1.165) is 11.1 Å². The maximum absolute atomic E-state index is 12.5. The Hall–Kier alpha value is -2.62. The summed E-state index contributed by atoms with van der Waals surface area (Å²) in [7, 11) is 0. The van der Waals surface area contributed by atoms with E-state index in [2.05, 4.69) is 4.98 Å². The predicted octanol–water partition coefficient (Wildman–Crippen LogP) is 2.30. The third-order valence-electron chi connectivity index (χ3n) is 3.35. The van der Waals surface area contributed by atoms with Gasteiger partial charge in [0.05, 0.1) is 16.6 Å². The number of aryl methyl sites for hydroxylation is 2. The molecule has 20 heavy (non-hydrogen) atoms. The summed E-state index contributed by atoms with van der Waals surface area (Å²) in [6.45, 7) is 3.88. The Labute approximate surface area is 115 Å². The van der Waals surface area contributed by atoms with Crippen molar-refractivity contribution in [2.45, 2.75) is 13.8 Å². The van der Waals surface area contributed by atoms with E-state index in [1.807, 2.05) is 32.0 Å². The minimum absolute atomic E-state index is 0.295. The van der Waals surface area contributed by atoms with Gasteiger partial charge in [-0.2, -0.15) is 0 Å². The molecule has 2 aromatic carbocycles. The van der Waals surface area contributed by atoms with Gasteiger partial charge in [0.2, 0.25) is 0 Å². The van der Waals surface area contributed by atoms with Gasteiger partial charge >= 0.3 is 5.69 Å². The van der Waals surface area contributed by atoms with Crippen LogP contribution in [0.1, 0.15) is 11.1 Å². The number of aromatic amines is 1. The number of nitrogens with zero attached hydrogens (tertiary/aromatic N) is 1. The second-order valence-electron chi connectivity index (χ2n) is 4.96. The van der Waals surface area contributed by atoms with E-state index in [1.165, 1.54) is 4.57 Å². The molecule has 3 rings (SSSR count). The highest BCUT2D eigenvalue weighted by Crippen LogP contribution is 2.10. The van der Waals surface area contributed by atoms with Crippen molar-refractivity contribution in [3.8, 4) is 5.69 Å². The maximum atomic E-state index is 12.5. The summed E-state index contributed by atoms with van der Waals surface area (Å²) < 4.78 is 1.17. The van der Waals surface area contributed by atoms with Gasteiger partial charge < -0.3 is 4.98 Å². The van der Waals surface area contributed by atoms with Crippen LogP contribution in [0.3, 0.4) is 0 Å². The van der Waals surface area contributed by atoms with Gasteiger partial charge in [-0.25, -0.2) is 9.36 Å². The van der Waals surface area contributed by atoms with E-state index in [0.29, 0.717) is 16.6 Å². The fourth-order valence-electron chi connectivity index (χ4n) is 2.26. The van der Waals surface area contributed by atoms with E-state index in [-0.39, 0.29) is 5.56 Å². The average Bonchev–Trinajstić information content (AvgIpc) is 2.42. The molecule has 0 fully saturated rings. The van der Waals surface area contributed by atoms with Crippen LogP contribution in [0.2, 0.25) is 0 Å². The first-order valence-electron chi connectivity index (χ1n) is 6.39. The number of fused-ring (bicyclic) bond motifs is 1. The Morgan fingerprint density at radius 1 is 0.900 bits per heavy atom. The summed E-state index contributed by atoms with van der Waals surface area (Å²) in [5, 5.41) is 0.519. The zero-order valence-corrected chi connectivity index (χ0v) is 11.3. The maximum Gasteiger partial charge on any atom is 0.333 e. The molecule has 4 nitrogen and oxygen atoms in total. The van der Waals surface area contributed by atoms with Crippen LogP contribution in [-0.4, -0.2) is 9.55 Å². The van der Waals surface area contributed by atoms with E-state index < -0.39 is 5.69 Å². The van der Waals surface area contributed by atoms with Gasteiger partial charge in [-0.1, -0.05) is 29.3 Å². The van der Waals surface area contributed by atoms with Crippen molar-refractivity contribution in [3.05, 3.63) is 74.4 Å². The Bertz CT molecular complexity index is 902. The topological polar surface area (TPSA) is 54.9 Å². The number of benzene rings is 2. The predicted molar refractivity (Wildman–Crippen MR) is 79.6 cm³/mol. The van der Waals surface area contributed by atoms with E-state index >= 15 is 0 Å². The zero-order chi connectivity index (χ0) is 14.3. The third kappa shape index (κ3) is 1.95. The van der Waals surface area contributed by atoms with Crippen molar-refractivity contribution in [2.24, 2.45) is 0 Å². The zero-order valence-electron chi connectivity index (χ0n) is 11.3. The number of H-pyrrole nitrogens is 1. The van der Waals surface area contributed by atoms with Gasteiger partial charge in [-0.05, 0) is 38.1 Å². The second kappa shape index (κ2) is 4.49. The first kappa shape index (κ1) is 12.4. The molecule has 0 saturated heterocycles. The fourth-order valence-corrected chi connectivity index (χ4v) is 2.26. The van der Waals surface area contributed by atoms with E-state index in [4.69, 9.17) is 0 Å². The summed E-state index contributed by atoms with van der Waals surface area (Å²) in [6, 6.07) is 12.7. The molecule has 1 heterocycles. The van der Waals surface area contributed by atoms with Crippen LogP contribution in [0.15, 0.2) is 52.1 Å². The minimum Gasteiger partial charge on any atom is -0.306 e. The molecule has 1 N–H and O–H groups in total. The van der Waals surface area contributed by atoms with Gasteiger partial charge in [-0.15, -0.1) is 0 Å².